The first kappa shape index (κ1) is 13.2. The van der Waals surface area contributed by atoms with Crippen molar-refractivity contribution >= 4 is 0 Å². The number of benzene rings is 1. The summed E-state index contributed by atoms with van der Waals surface area (Å²) < 4.78 is 23.9. The summed E-state index contributed by atoms with van der Waals surface area (Å²) in [5, 5.41) is 7.21. The number of aromatic nitrogens is 2. The van der Waals surface area contributed by atoms with E-state index in [2.05, 4.69) is 15.5 Å². The van der Waals surface area contributed by atoms with Crippen LogP contribution >= 0.6 is 0 Å². The van der Waals surface area contributed by atoms with Crippen molar-refractivity contribution in [1.29, 1.82) is 0 Å². The van der Waals surface area contributed by atoms with Gasteiger partial charge in [-0.25, -0.2) is 4.39 Å². The summed E-state index contributed by atoms with van der Waals surface area (Å²) in [5.41, 5.74) is 1.57. The largest absolute Gasteiger partial charge is 0.375 e. The van der Waals surface area contributed by atoms with Crippen LogP contribution in [0.2, 0.25) is 0 Å². The van der Waals surface area contributed by atoms with Crippen molar-refractivity contribution < 1.29 is 13.7 Å². The molecule has 2 heterocycles. The van der Waals surface area contributed by atoms with E-state index in [1.807, 2.05) is 6.92 Å². The third-order valence-electron chi connectivity index (χ3n) is 3.30. The first-order chi connectivity index (χ1) is 9.72. The highest BCUT2D eigenvalue weighted by Crippen LogP contribution is 2.21. The van der Waals surface area contributed by atoms with Crippen molar-refractivity contribution in [2.75, 3.05) is 19.7 Å². The van der Waals surface area contributed by atoms with Crippen LogP contribution in [0.3, 0.4) is 0 Å². The second-order valence-corrected chi connectivity index (χ2v) is 4.87. The molecule has 5 nitrogen and oxygen atoms in total. The lowest BCUT2D eigenvalue weighted by atomic mass is 10.1. The highest BCUT2D eigenvalue weighted by molar-refractivity contribution is 5.59. The van der Waals surface area contributed by atoms with Gasteiger partial charge in [-0.3, -0.25) is 0 Å². The molecule has 3 rings (SSSR count). The van der Waals surface area contributed by atoms with E-state index in [1.54, 1.807) is 6.07 Å². The molecule has 0 saturated carbocycles. The summed E-state index contributed by atoms with van der Waals surface area (Å²) in [6.07, 6.45) is 0.645. The van der Waals surface area contributed by atoms with Crippen LogP contribution in [0.5, 0.6) is 0 Å². The molecule has 1 N–H and O–H groups in total. The van der Waals surface area contributed by atoms with Gasteiger partial charge in [-0.2, -0.15) is 4.98 Å². The Morgan fingerprint density at radius 2 is 2.35 bits per heavy atom. The van der Waals surface area contributed by atoms with E-state index < -0.39 is 0 Å². The van der Waals surface area contributed by atoms with Gasteiger partial charge < -0.3 is 14.6 Å². The molecule has 106 valence electrons. The van der Waals surface area contributed by atoms with Crippen LogP contribution in [0.15, 0.2) is 22.7 Å². The fourth-order valence-corrected chi connectivity index (χ4v) is 2.27. The van der Waals surface area contributed by atoms with Gasteiger partial charge in [0.25, 0.3) is 0 Å². The summed E-state index contributed by atoms with van der Waals surface area (Å²) >= 11 is 0. The Morgan fingerprint density at radius 3 is 3.10 bits per heavy atom. The first-order valence-corrected chi connectivity index (χ1v) is 6.64. The maximum atomic E-state index is 13.1. The van der Waals surface area contributed by atoms with Crippen LogP contribution in [0.1, 0.15) is 11.5 Å². The zero-order valence-electron chi connectivity index (χ0n) is 11.2. The fraction of sp³-hybridized carbons (Fsp3) is 0.429. The second-order valence-electron chi connectivity index (χ2n) is 4.87. The Bertz CT molecular complexity index is 594. The second kappa shape index (κ2) is 5.68. The van der Waals surface area contributed by atoms with Gasteiger partial charge in [0, 0.05) is 18.7 Å². The van der Waals surface area contributed by atoms with Crippen molar-refractivity contribution in [3.8, 4) is 11.4 Å². The van der Waals surface area contributed by atoms with Crippen LogP contribution in [-0.2, 0) is 11.2 Å². The average molecular weight is 277 g/mol. The minimum absolute atomic E-state index is 0.0614. The zero-order chi connectivity index (χ0) is 13.9. The number of aryl methyl sites for hydroxylation is 1. The molecule has 1 aromatic carbocycles. The maximum absolute atomic E-state index is 13.1. The van der Waals surface area contributed by atoms with Crippen molar-refractivity contribution in [1.82, 2.24) is 15.5 Å². The van der Waals surface area contributed by atoms with E-state index in [0.717, 1.165) is 24.2 Å². The Morgan fingerprint density at radius 1 is 1.45 bits per heavy atom. The normalized spacial score (nSPS) is 19.2. The van der Waals surface area contributed by atoms with Gasteiger partial charge in [0.15, 0.2) is 0 Å². The molecule has 1 aliphatic rings. The standard InChI is InChI=1S/C14H16FN3O2/c1-9-6-10(15)2-3-12(9)14-17-13(20-18-14)7-11-8-16-4-5-19-11/h2-3,6,11,16H,4-5,7-8H2,1H3. The van der Waals surface area contributed by atoms with Gasteiger partial charge in [0.05, 0.1) is 19.1 Å². The van der Waals surface area contributed by atoms with E-state index in [0.29, 0.717) is 24.7 Å². The van der Waals surface area contributed by atoms with Gasteiger partial charge in [0.1, 0.15) is 5.82 Å². The number of ether oxygens (including phenoxy) is 1. The molecule has 0 radical (unpaired) electrons. The fourth-order valence-electron chi connectivity index (χ4n) is 2.27. The van der Waals surface area contributed by atoms with Crippen molar-refractivity contribution in [2.45, 2.75) is 19.4 Å². The molecule has 0 bridgehead atoms. The molecule has 2 aromatic rings. The number of nitrogens with one attached hydrogen (secondary N) is 1. The lowest BCUT2D eigenvalue weighted by Crippen LogP contribution is -2.39. The first-order valence-electron chi connectivity index (χ1n) is 6.64. The number of nitrogens with zero attached hydrogens (tertiary/aromatic N) is 2. The number of rotatable bonds is 3. The molecule has 20 heavy (non-hydrogen) atoms. The third-order valence-corrected chi connectivity index (χ3v) is 3.30. The summed E-state index contributed by atoms with van der Waals surface area (Å²) in [4.78, 5) is 4.36. The maximum Gasteiger partial charge on any atom is 0.229 e. The molecule has 0 aliphatic carbocycles. The van der Waals surface area contributed by atoms with E-state index in [1.165, 1.54) is 12.1 Å². The molecule has 1 aliphatic heterocycles. The van der Waals surface area contributed by atoms with Gasteiger partial charge in [-0.1, -0.05) is 5.16 Å². The molecule has 6 heteroatoms. The Kier molecular flexibility index (Phi) is 3.75. The Labute approximate surface area is 116 Å². The Hall–Kier alpha value is -1.79. The topological polar surface area (TPSA) is 60.2 Å². The van der Waals surface area contributed by atoms with Crippen LogP contribution in [0.25, 0.3) is 11.4 Å². The minimum atomic E-state index is -0.267. The van der Waals surface area contributed by atoms with E-state index in [9.17, 15) is 4.39 Å². The summed E-state index contributed by atoms with van der Waals surface area (Å²) in [5.74, 6) is 0.760. The highest BCUT2D eigenvalue weighted by Gasteiger charge is 2.18. The van der Waals surface area contributed by atoms with Crippen molar-refractivity contribution in [2.24, 2.45) is 0 Å². The van der Waals surface area contributed by atoms with Gasteiger partial charge in [0.2, 0.25) is 11.7 Å². The third kappa shape index (κ3) is 2.86. The van der Waals surface area contributed by atoms with Crippen LogP contribution in [-0.4, -0.2) is 35.9 Å². The Balaban J connectivity index is 1.75. The molecule has 0 amide bonds. The molecule has 1 unspecified atom stereocenters. The monoisotopic (exact) mass is 277 g/mol. The van der Waals surface area contributed by atoms with Crippen LogP contribution in [0, 0.1) is 12.7 Å². The molecule has 1 fully saturated rings. The summed E-state index contributed by atoms with van der Waals surface area (Å²) in [6.45, 7) is 4.18. The molecule has 1 saturated heterocycles. The van der Waals surface area contributed by atoms with E-state index in [-0.39, 0.29) is 11.9 Å². The van der Waals surface area contributed by atoms with Crippen LogP contribution < -0.4 is 5.32 Å². The molecule has 1 atom stereocenters. The molecule has 1 aromatic heterocycles. The smallest absolute Gasteiger partial charge is 0.229 e. The van der Waals surface area contributed by atoms with Gasteiger partial charge in [-0.15, -0.1) is 0 Å². The number of halogens is 1. The van der Waals surface area contributed by atoms with Gasteiger partial charge >= 0.3 is 0 Å². The minimum Gasteiger partial charge on any atom is -0.375 e. The molecule has 0 spiro atoms. The molecular weight excluding hydrogens is 261 g/mol. The highest BCUT2D eigenvalue weighted by atomic mass is 19.1. The SMILES string of the molecule is Cc1cc(F)ccc1-c1noc(CC2CNCCO2)n1. The lowest BCUT2D eigenvalue weighted by Gasteiger charge is -2.21. The molecular formula is C14H16FN3O2. The summed E-state index contributed by atoms with van der Waals surface area (Å²) in [7, 11) is 0. The van der Waals surface area contributed by atoms with E-state index in [4.69, 9.17) is 9.26 Å². The van der Waals surface area contributed by atoms with E-state index >= 15 is 0 Å². The van der Waals surface area contributed by atoms with Crippen molar-refractivity contribution in [3.63, 3.8) is 0 Å². The summed E-state index contributed by atoms with van der Waals surface area (Å²) in [6, 6.07) is 4.52. The lowest BCUT2D eigenvalue weighted by molar-refractivity contribution is 0.0246. The number of hydrogen-bond acceptors (Lipinski definition) is 5. The predicted molar refractivity (Wildman–Crippen MR) is 70.7 cm³/mol. The quantitative estimate of drug-likeness (QED) is 0.925. The average Bonchev–Trinajstić information content (AvgIpc) is 2.88. The predicted octanol–water partition coefficient (Wildman–Crippen LogP) is 1.72. The number of morpholine rings is 1. The van der Waals surface area contributed by atoms with Crippen LogP contribution in [0.4, 0.5) is 4.39 Å². The number of hydrogen-bond donors (Lipinski definition) is 1. The van der Waals surface area contributed by atoms with Crippen molar-refractivity contribution in [3.05, 3.63) is 35.5 Å². The van der Waals surface area contributed by atoms with Gasteiger partial charge in [-0.05, 0) is 30.7 Å². The zero-order valence-corrected chi connectivity index (χ0v) is 11.2.